The number of carbonyl (C=O) groups is 1. The third-order valence-electron chi connectivity index (χ3n) is 3.23. The molecular weight excluding hydrogens is 272 g/mol. The van der Waals surface area contributed by atoms with Crippen molar-refractivity contribution in [2.24, 2.45) is 33.9 Å². The number of aliphatic carboxylic acids is 1. The number of amidine groups is 1. The second kappa shape index (κ2) is 7.32. The molecule has 8 heteroatoms. The number of hydrogen-bond acceptors (Lipinski definition) is 5. The zero-order valence-corrected chi connectivity index (χ0v) is 12.0. The van der Waals surface area contributed by atoms with E-state index in [0.29, 0.717) is 11.4 Å². The molecule has 0 bridgehead atoms. The summed E-state index contributed by atoms with van der Waals surface area (Å²) < 4.78 is 0. The number of carboxylic acids is 1. The zero-order valence-electron chi connectivity index (χ0n) is 12.0. The average molecular weight is 292 g/mol. The summed E-state index contributed by atoms with van der Waals surface area (Å²) in [6.07, 6.45) is 1.75. The molecule has 1 aromatic heterocycles. The minimum Gasteiger partial charge on any atom is -0.481 e. The molecule has 8 nitrogen and oxygen atoms in total. The Morgan fingerprint density at radius 1 is 1.48 bits per heavy atom. The lowest BCUT2D eigenvalue weighted by atomic mass is 9.80. The summed E-state index contributed by atoms with van der Waals surface area (Å²) in [5, 5.41) is 23.9. The fourth-order valence-corrected chi connectivity index (χ4v) is 2.23. The molecule has 0 aliphatic heterocycles. The van der Waals surface area contributed by atoms with Crippen molar-refractivity contribution in [3.63, 3.8) is 0 Å². The lowest BCUT2D eigenvalue weighted by Gasteiger charge is -2.25. The lowest BCUT2D eigenvalue weighted by Crippen LogP contribution is -2.34. The van der Waals surface area contributed by atoms with Gasteiger partial charge in [-0.1, -0.05) is 19.1 Å². The molecule has 1 heterocycles. The Labute approximate surface area is 122 Å². The topological polar surface area (TPSA) is 151 Å². The predicted octanol–water partition coefficient (Wildman–Crippen LogP) is 1.48. The molecule has 0 saturated heterocycles. The Morgan fingerprint density at radius 2 is 2.14 bits per heavy atom. The summed E-state index contributed by atoms with van der Waals surface area (Å²) in [5.74, 6) is 2.21. The number of nitrogens with zero attached hydrogens (tertiary/aromatic N) is 3. The number of nitrogens with two attached hydrogens (primary N) is 2. The van der Waals surface area contributed by atoms with E-state index in [1.165, 1.54) is 6.20 Å². The van der Waals surface area contributed by atoms with Gasteiger partial charge in [0.25, 0.3) is 0 Å². The van der Waals surface area contributed by atoms with Crippen molar-refractivity contribution in [1.29, 1.82) is 5.41 Å². The molecule has 0 fully saturated rings. The summed E-state index contributed by atoms with van der Waals surface area (Å²) in [5.41, 5.74) is 6.73. The highest BCUT2D eigenvalue weighted by atomic mass is 16.4. The number of anilines is 1. The fourth-order valence-electron chi connectivity index (χ4n) is 2.23. The van der Waals surface area contributed by atoms with Gasteiger partial charge in [0.2, 0.25) is 0 Å². The van der Waals surface area contributed by atoms with Gasteiger partial charge >= 0.3 is 5.97 Å². The smallest absolute Gasteiger partial charge is 0.307 e. The van der Waals surface area contributed by atoms with E-state index in [4.69, 9.17) is 17.0 Å². The van der Waals surface area contributed by atoms with Crippen LogP contribution >= 0.6 is 0 Å². The maximum absolute atomic E-state index is 11.5. The van der Waals surface area contributed by atoms with Crippen LogP contribution in [0.1, 0.15) is 19.5 Å². The Kier molecular flexibility index (Phi) is 5.77. The summed E-state index contributed by atoms with van der Waals surface area (Å²) >= 11 is 0. The lowest BCUT2D eigenvalue weighted by molar-refractivity contribution is -0.144. The second-order valence-corrected chi connectivity index (χ2v) is 5.10. The van der Waals surface area contributed by atoms with Crippen LogP contribution in [0.3, 0.4) is 0 Å². The van der Waals surface area contributed by atoms with Crippen LogP contribution in [0.4, 0.5) is 5.69 Å². The molecule has 0 aliphatic rings. The van der Waals surface area contributed by atoms with Crippen LogP contribution in [-0.4, -0.2) is 21.9 Å². The van der Waals surface area contributed by atoms with Gasteiger partial charge in [-0.05, 0) is 18.1 Å². The number of carboxylic acid groups (broad SMARTS) is 1. The minimum atomic E-state index is -0.984. The Hall–Kier alpha value is -2.51. The number of nitrogen functional groups attached to an aromatic ring is 1. The summed E-state index contributed by atoms with van der Waals surface area (Å²) in [7, 11) is 0. The first-order chi connectivity index (χ1) is 9.86. The molecule has 0 amide bonds. The van der Waals surface area contributed by atoms with Crippen LogP contribution in [0.15, 0.2) is 28.7 Å². The number of pyridine rings is 1. The Morgan fingerprint density at radius 3 is 2.57 bits per heavy atom. The van der Waals surface area contributed by atoms with E-state index < -0.39 is 17.8 Å². The van der Waals surface area contributed by atoms with E-state index in [0.717, 1.165) is 0 Å². The van der Waals surface area contributed by atoms with Crippen molar-refractivity contribution in [3.8, 4) is 0 Å². The molecule has 0 saturated carbocycles. The number of hydrogen-bond donors (Lipinski definition) is 4. The van der Waals surface area contributed by atoms with Crippen molar-refractivity contribution >= 4 is 17.5 Å². The van der Waals surface area contributed by atoms with E-state index >= 15 is 0 Å². The van der Waals surface area contributed by atoms with Crippen molar-refractivity contribution in [2.45, 2.75) is 20.3 Å². The molecular formula is C13H20N6O2. The number of aromatic nitrogens is 1. The van der Waals surface area contributed by atoms with Crippen LogP contribution in [0.2, 0.25) is 0 Å². The number of nitrogens with one attached hydrogen (secondary N) is 1. The van der Waals surface area contributed by atoms with Gasteiger partial charge in [0.1, 0.15) is 5.84 Å². The van der Waals surface area contributed by atoms with Crippen molar-refractivity contribution in [3.05, 3.63) is 24.0 Å². The third-order valence-corrected chi connectivity index (χ3v) is 3.23. The van der Waals surface area contributed by atoms with E-state index in [1.54, 1.807) is 26.0 Å². The van der Waals surface area contributed by atoms with Gasteiger partial charge in [-0.3, -0.25) is 15.2 Å². The maximum atomic E-state index is 11.5. The van der Waals surface area contributed by atoms with Crippen molar-refractivity contribution in [2.75, 3.05) is 5.73 Å². The predicted molar refractivity (Wildman–Crippen MR) is 78.6 cm³/mol. The normalized spacial score (nSPS) is 14.2. The first-order valence-corrected chi connectivity index (χ1v) is 6.49. The Bertz CT molecular complexity index is 526. The monoisotopic (exact) mass is 292 g/mol. The highest BCUT2D eigenvalue weighted by Crippen LogP contribution is 2.26. The largest absolute Gasteiger partial charge is 0.481 e. The average Bonchev–Trinajstić information content (AvgIpc) is 2.39. The fraction of sp³-hybridized carbons (Fsp3) is 0.462. The van der Waals surface area contributed by atoms with Crippen LogP contribution in [0.5, 0.6) is 0 Å². The molecule has 21 heavy (non-hydrogen) atoms. The van der Waals surface area contributed by atoms with E-state index in [2.05, 4.69) is 15.3 Å². The molecule has 2 atom stereocenters. The highest BCUT2D eigenvalue weighted by molar-refractivity contribution is 5.87. The molecule has 6 N–H and O–H groups in total. The second-order valence-electron chi connectivity index (χ2n) is 5.10. The van der Waals surface area contributed by atoms with Gasteiger partial charge in [0, 0.05) is 18.0 Å². The van der Waals surface area contributed by atoms with Gasteiger partial charge in [0.05, 0.1) is 17.8 Å². The van der Waals surface area contributed by atoms with E-state index in [9.17, 15) is 9.90 Å². The summed E-state index contributed by atoms with van der Waals surface area (Å²) in [4.78, 5) is 15.6. The first kappa shape index (κ1) is 16.5. The van der Waals surface area contributed by atoms with E-state index in [-0.39, 0.29) is 18.2 Å². The van der Waals surface area contributed by atoms with Crippen molar-refractivity contribution < 1.29 is 9.90 Å². The molecule has 0 unspecified atom stereocenters. The van der Waals surface area contributed by atoms with Gasteiger partial charge < -0.3 is 16.7 Å². The third kappa shape index (κ3) is 4.51. The van der Waals surface area contributed by atoms with E-state index in [1.807, 2.05) is 0 Å². The molecule has 0 aromatic carbocycles. The van der Waals surface area contributed by atoms with Crippen LogP contribution < -0.4 is 11.6 Å². The summed E-state index contributed by atoms with van der Waals surface area (Å²) in [6.45, 7) is 3.57. The van der Waals surface area contributed by atoms with Crippen LogP contribution in [-0.2, 0) is 11.2 Å². The summed E-state index contributed by atoms with van der Waals surface area (Å²) in [6, 6.07) is 3.38. The molecule has 1 aromatic rings. The minimum absolute atomic E-state index is 0.169. The molecule has 0 aliphatic carbocycles. The van der Waals surface area contributed by atoms with Gasteiger partial charge in [-0.15, -0.1) is 5.11 Å². The maximum Gasteiger partial charge on any atom is 0.307 e. The molecule has 1 rings (SSSR count). The highest BCUT2D eigenvalue weighted by Gasteiger charge is 2.34. The first-order valence-electron chi connectivity index (χ1n) is 6.49. The molecule has 0 radical (unpaired) electrons. The standard InChI is InChI=1S/C13H20N6O2/c1-7(2)11(13(20)21)10(12(15)18-19-16)5-9-4-3-8(14)6-17-9/h3-4,6-7,10-11H,5,14H2,1-2H3,(H,20,21)(H3,15,16,18)/t10-,11-/m0/s1. The van der Waals surface area contributed by atoms with Crippen molar-refractivity contribution in [1.82, 2.24) is 4.98 Å². The van der Waals surface area contributed by atoms with Gasteiger partial charge in [-0.25, -0.2) is 0 Å². The van der Waals surface area contributed by atoms with Gasteiger partial charge in [0.15, 0.2) is 0 Å². The van der Waals surface area contributed by atoms with Gasteiger partial charge in [-0.2, -0.15) is 0 Å². The SMILES string of the molecule is CC(C)[C@H](C(=O)O)[C@H](Cc1ccc(N)cn1)C(=N)N=NN. The molecule has 0 spiro atoms. The number of rotatable bonds is 6. The van der Waals surface area contributed by atoms with Crippen LogP contribution in [0, 0.1) is 23.2 Å². The zero-order chi connectivity index (χ0) is 16.0. The quantitative estimate of drug-likeness (QED) is 0.206. The Balaban J connectivity index is 3.09. The van der Waals surface area contributed by atoms with Crippen LogP contribution in [0.25, 0.3) is 0 Å². The molecule has 114 valence electrons.